The Morgan fingerprint density at radius 3 is 2.68 bits per heavy atom. The van der Waals surface area contributed by atoms with Crippen LogP contribution in [0.3, 0.4) is 0 Å². The molecule has 3 saturated carbocycles. The molecule has 0 heterocycles. The molecule has 3 aliphatic carbocycles. The van der Waals surface area contributed by atoms with E-state index < -0.39 is 60.1 Å². The average molecular weight is 595 g/mol. The molecule has 0 saturated heterocycles. The smallest absolute Gasteiger partial charge is 0.261 e. The highest BCUT2D eigenvalue weighted by Crippen LogP contribution is 2.72. The van der Waals surface area contributed by atoms with E-state index in [1.807, 2.05) is 0 Å². The van der Waals surface area contributed by atoms with Crippen LogP contribution in [-0.4, -0.2) is 48.4 Å². The summed E-state index contributed by atoms with van der Waals surface area (Å²) >= 11 is -1.61. The summed E-state index contributed by atoms with van der Waals surface area (Å²) in [4.78, 5) is 24.3. The van der Waals surface area contributed by atoms with E-state index in [0.29, 0.717) is 31.1 Å². The zero-order chi connectivity index (χ0) is 24.5. The van der Waals surface area contributed by atoms with Crippen LogP contribution in [0.2, 0.25) is 0 Å². The van der Waals surface area contributed by atoms with Crippen LogP contribution in [0.4, 0.5) is 13.2 Å². The Balaban J connectivity index is 1.50. The number of hydrogen-bond acceptors (Lipinski definition) is 5. The third kappa shape index (κ3) is 4.76. The van der Waals surface area contributed by atoms with Crippen molar-refractivity contribution >= 4 is 33.4 Å². The van der Waals surface area contributed by atoms with Gasteiger partial charge in [-0.05, 0) is 49.7 Å². The van der Waals surface area contributed by atoms with Crippen molar-refractivity contribution in [3.63, 3.8) is 0 Å². The number of carbonyl (C=O) groups is 2. The molecular formula is C24H29F3INO5. The summed E-state index contributed by atoms with van der Waals surface area (Å²) in [6.07, 6.45) is 4.90. The van der Waals surface area contributed by atoms with E-state index in [1.165, 1.54) is 13.2 Å². The number of methoxy groups -OCH3 is 1. The quantitative estimate of drug-likeness (QED) is 0.211. The molecule has 3 aliphatic rings. The third-order valence-electron chi connectivity index (χ3n) is 7.44. The molecule has 6 nitrogen and oxygen atoms in total. The summed E-state index contributed by atoms with van der Waals surface area (Å²) in [7, 11) is 1.48. The number of benzene rings is 1. The maximum absolute atomic E-state index is 15.0. The van der Waals surface area contributed by atoms with Gasteiger partial charge >= 0.3 is 0 Å². The van der Waals surface area contributed by atoms with Crippen LogP contribution in [0.1, 0.15) is 66.8 Å². The molecule has 0 aromatic heterocycles. The van der Waals surface area contributed by atoms with E-state index in [0.717, 1.165) is 31.7 Å². The van der Waals surface area contributed by atoms with Crippen LogP contribution in [0, 0.1) is 17.2 Å². The molecule has 3 fully saturated rings. The van der Waals surface area contributed by atoms with Crippen molar-refractivity contribution in [2.24, 2.45) is 11.3 Å². The van der Waals surface area contributed by atoms with E-state index in [4.69, 9.17) is 9.47 Å². The van der Waals surface area contributed by atoms with Crippen molar-refractivity contribution < 1.29 is 35.3 Å². The molecule has 0 radical (unpaired) electrons. The van der Waals surface area contributed by atoms with Gasteiger partial charge in [-0.3, -0.25) is 7.86 Å². The lowest BCUT2D eigenvalue weighted by atomic mass is 9.89. The highest BCUT2D eigenvalue weighted by atomic mass is 127. The van der Waals surface area contributed by atoms with Gasteiger partial charge in [0.15, 0.2) is 0 Å². The Bertz CT molecular complexity index is 957. The fourth-order valence-electron chi connectivity index (χ4n) is 5.19. The molecule has 4 atom stereocenters. The largest absolute Gasteiger partial charge is 0.492 e. The SMILES string of the molecule is COCCC(I=O)C(C=O)NC(=O)c1cc(C2CC2)c(OCC23CCCCC2C3(F)F)cc1F. The molecule has 1 aromatic carbocycles. The number of carbonyl (C=O) groups excluding carboxylic acids is 2. The summed E-state index contributed by atoms with van der Waals surface area (Å²) < 4.78 is 65.7. The summed E-state index contributed by atoms with van der Waals surface area (Å²) in [5.41, 5.74) is -0.802. The Morgan fingerprint density at radius 2 is 2.06 bits per heavy atom. The molecule has 4 rings (SSSR count). The second-order valence-electron chi connectivity index (χ2n) is 9.53. The number of hydrogen-bond donors (Lipinski definition) is 1. The molecule has 0 bridgehead atoms. The molecule has 10 heteroatoms. The molecule has 1 amide bonds. The first-order chi connectivity index (χ1) is 16.3. The maximum atomic E-state index is 15.0. The highest BCUT2D eigenvalue weighted by Gasteiger charge is 2.80. The predicted molar refractivity (Wildman–Crippen MR) is 126 cm³/mol. The maximum Gasteiger partial charge on any atom is 0.261 e. The summed E-state index contributed by atoms with van der Waals surface area (Å²) in [6, 6.07) is 1.47. The topological polar surface area (TPSA) is 81.7 Å². The molecule has 0 spiro atoms. The van der Waals surface area contributed by atoms with E-state index >= 15 is 0 Å². The number of nitrogens with one attached hydrogen (secondary N) is 1. The number of amides is 1. The van der Waals surface area contributed by atoms with E-state index in [1.54, 1.807) is 0 Å². The first kappa shape index (κ1) is 25.5. The molecule has 188 valence electrons. The fraction of sp³-hybridized carbons (Fsp3) is 0.667. The van der Waals surface area contributed by atoms with Gasteiger partial charge in [-0.2, -0.15) is 0 Å². The van der Waals surface area contributed by atoms with Crippen LogP contribution >= 0.6 is 21.2 Å². The molecule has 0 aliphatic heterocycles. The lowest BCUT2D eigenvalue weighted by Gasteiger charge is -2.22. The van der Waals surface area contributed by atoms with Crippen molar-refractivity contribution in [1.29, 1.82) is 0 Å². The van der Waals surface area contributed by atoms with E-state index in [9.17, 15) is 25.8 Å². The van der Waals surface area contributed by atoms with Gasteiger partial charge in [0, 0.05) is 25.7 Å². The minimum absolute atomic E-state index is 0.0744. The van der Waals surface area contributed by atoms with Crippen LogP contribution in [0.5, 0.6) is 5.75 Å². The summed E-state index contributed by atoms with van der Waals surface area (Å²) in [5.74, 6) is -4.80. The lowest BCUT2D eigenvalue weighted by molar-refractivity contribution is -0.109. The number of ether oxygens (including phenoxy) is 2. The minimum atomic E-state index is -2.75. The van der Waals surface area contributed by atoms with Crippen molar-refractivity contribution in [2.45, 2.75) is 66.8 Å². The van der Waals surface area contributed by atoms with Crippen molar-refractivity contribution in [3.05, 3.63) is 29.1 Å². The second-order valence-corrected chi connectivity index (χ2v) is 11.6. The van der Waals surface area contributed by atoms with Gasteiger partial charge in [-0.15, -0.1) is 0 Å². The fourth-order valence-corrected chi connectivity index (χ4v) is 6.36. The molecular weight excluding hydrogens is 566 g/mol. The first-order valence-corrected chi connectivity index (χ1v) is 13.8. The molecule has 1 aromatic rings. The second kappa shape index (κ2) is 10.2. The van der Waals surface area contributed by atoms with Crippen LogP contribution < -0.4 is 10.1 Å². The predicted octanol–water partition coefficient (Wildman–Crippen LogP) is 4.93. The molecule has 34 heavy (non-hydrogen) atoms. The Labute approximate surface area is 207 Å². The third-order valence-corrected chi connectivity index (χ3v) is 9.49. The van der Waals surface area contributed by atoms with Crippen LogP contribution in [-0.2, 0) is 12.6 Å². The van der Waals surface area contributed by atoms with Gasteiger partial charge < -0.3 is 19.6 Å². The molecule has 4 unspecified atom stereocenters. The lowest BCUT2D eigenvalue weighted by Crippen LogP contribution is -2.43. The minimum Gasteiger partial charge on any atom is -0.492 e. The Kier molecular flexibility index (Phi) is 7.66. The number of rotatable bonds is 12. The number of fused-ring (bicyclic) bond motifs is 1. The average Bonchev–Trinajstić information content (AvgIpc) is 3.74. The van der Waals surface area contributed by atoms with Gasteiger partial charge in [-0.25, -0.2) is 13.2 Å². The highest BCUT2D eigenvalue weighted by molar-refractivity contribution is 14.1. The number of halogens is 4. The van der Waals surface area contributed by atoms with Gasteiger partial charge in [0.2, 0.25) is 0 Å². The van der Waals surface area contributed by atoms with Gasteiger partial charge in [0.1, 0.15) is 45.7 Å². The van der Waals surface area contributed by atoms with Gasteiger partial charge in [0.25, 0.3) is 11.8 Å². The Morgan fingerprint density at radius 1 is 1.29 bits per heavy atom. The first-order valence-electron chi connectivity index (χ1n) is 11.6. The normalized spacial score (nSPS) is 26.8. The zero-order valence-electron chi connectivity index (χ0n) is 19.0. The van der Waals surface area contributed by atoms with E-state index in [-0.39, 0.29) is 30.4 Å². The van der Waals surface area contributed by atoms with Gasteiger partial charge in [0.05, 0.1) is 20.9 Å². The monoisotopic (exact) mass is 595 g/mol. The van der Waals surface area contributed by atoms with Crippen molar-refractivity contribution in [3.8, 4) is 5.75 Å². The van der Waals surface area contributed by atoms with Crippen molar-refractivity contribution in [1.82, 2.24) is 5.32 Å². The Hall–Kier alpha value is -1.56. The number of alkyl halides is 3. The van der Waals surface area contributed by atoms with Crippen LogP contribution in [0.25, 0.3) is 0 Å². The van der Waals surface area contributed by atoms with Gasteiger partial charge in [-0.1, -0.05) is 12.8 Å². The molecule has 1 N–H and O–H groups in total. The zero-order valence-corrected chi connectivity index (χ0v) is 21.1. The summed E-state index contributed by atoms with van der Waals surface area (Å²) in [5, 5.41) is 2.48. The number of aldehydes is 1. The van der Waals surface area contributed by atoms with E-state index in [2.05, 4.69) is 5.32 Å². The summed E-state index contributed by atoms with van der Waals surface area (Å²) in [6.45, 7) is 0.109. The standard InChI is InChI=1S/C24H29F3INO5/c1-33-9-7-18(28-32)19(12-30)29-22(31)16-10-15(14-5-6-14)20(11-17(16)25)34-13-23-8-3-2-4-21(23)24(23,26)27/h10-12,14,18-19,21H,2-9,13H2,1H3,(H,29,31). The van der Waals surface area contributed by atoms with Crippen molar-refractivity contribution in [2.75, 3.05) is 20.3 Å². The van der Waals surface area contributed by atoms with Crippen LogP contribution in [0.15, 0.2) is 12.1 Å².